The maximum Gasteiger partial charge on any atom is 0.311 e. The second-order valence-electron chi connectivity index (χ2n) is 5.80. The standard InChI is InChI=1S/C17H16FNO4/c1-10-9-23-13(8-14(20)21)15(10)16(22)19-17(6-7-17)11-4-2-3-5-12(11)18/h2-5,9H,6-8H2,1H3,(H,19,22)(H,20,21). The Bertz CT molecular complexity index is 777. The average molecular weight is 317 g/mol. The molecule has 120 valence electrons. The number of hydrogen-bond acceptors (Lipinski definition) is 3. The molecule has 5 nitrogen and oxygen atoms in total. The van der Waals surface area contributed by atoms with Gasteiger partial charge in [-0.3, -0.25) is 9.59 Å². The Kier molecular flexibility index (Phi) is 3.67. The van der Waals surface area contributed by atoms with Gasteiger partial charge >= 0.3 is 5.97 Å². The number of aryl methyl sites for hydroxylation is 1. The van der Waals surface area contributed by atoms with E-state index in [2.05, 4.69) is 5.32 Å². The van der Waals surface area contributed by atoms with Gasteiger partial charge in [-0.1, -0.05) is 18.2 Å². The molecule has 0 aliphatic heterocycles. The van der Waals surface area contributed by atoms with Crippen LogP contribution in [0, 0.1) is 12.7 Å². The normalized spacial score (nSPS) is 15.2. The SMILES string of the molecule is Cc1coc(CC(=O)O)c1C(=O)NC1(c2ccccc2F)CC1. The molecule has 1 aliphatic rings. The number of carbonyl (C=O) groups excluding carboxylic acids is 1. The smallest absolute Gasteiger partial charge is 0.311 e. The fraction of sp³-hybridized carbons (Fsp3) is 0.294. The van der Waals surface area contributed by atoms with Gasteiger partial charge in [-0.15, -0.1) is 0 Å². The summed E-state index contributed by atoms with van der Waals surface area (Å²) in [6.45, 7) is 1.67. The summed E-state index contributed by atoms with van der Waals surface area (Å²) in [5.74, 6) is -1.77. The van der Waals surface area contributed by atoms with Gasteiger partial charge in [0.2, 0.25) is 0 Å². The van der Waals surface area contributed by atoms with Crippen LogP contribution in [0.1, 0.15) is 40.1 Å². The first-order chi connectivity index (χ1) is 10.9. The molecule has 0 bridgehead atoms. The molecule has 1 fully saturated rings. The quantitative estimate of drug-likeness (QED) is 0.888. The molecule has 0 radical (unpaired) electrons. The van der Waals surface area contributed by atoms with Crippen molar-refractivity contribution in [3.8, 4) is 0 Å². The molecule has 1 amide bonds. The van der Waals surface area contributed by atoms with Gasteiger partial charge in [-0.25, -0.2) is 4.39 Å². The molecule has 0 saturated heterocycles. The molecule has 1 saturated carbocycles. The highest BCUT2D eigenvalue weighted by atomic mass is 19.1. The Hall–Kier alpha value is -2.63. The lowest BCUT2D eigenvalue weighted by Gasteiger charge is -2.19. The van der Waals surface area contributed by atoms with Crippen LogP contribution in [0.5, 0.6) is 0 Å². The molecule has 1 aromatic carbocycles. The number of hydrogen-bond donors (Lipinski definition) is 2. The number of carbonyl (C=O) groups is 2. The Balaban J connectivity index is 1.87. The number of nitrogens with one attached hydrogen (secondary N) is 1. The van der Waals surface area contributed by atoms with Crippen LogP contribution in [0.3, 0.4) is 0 Å². The second-order valence-corrected chi connectivity index (χ2v) is 5.80. The fourth-order valence-electron chi connectivity index (χ4n) is 2.79. The zero-order valence-corrected chi connectivity index (χ0v) is 12.6. The van der Waals surface area contributed by atoms with E-state index in [0.29, 0.717) is 24.0 Å². The van der Waals surface area contributed by atoms with Crippen LogP contribution in [0.15, 0.2) is 34.9 Å². The maximum absolute atomic E-state index is 14.0. The molecule has 2 N–H and O–H groups in total. The zero-order valence-electron chi connectivity index (χ0n) is 12.6. The van der Waals surface area contributed by atoms with E-state index in [0.717, 1.165) is 0 Å². The molecule has 1 aromatic heterocycles. The van der Waals surface area contributed by atoms with Gasteiger partial charge in [-0.2, -0.15) is 0 Å². The summed E-state index contributed by atoms with van der Waals surface area (Å²) < 4.78 is 19.2. The fourth-order valence-corrected chi connectivity index (χ4v) is 2.79. The molecule has 3 rings (SSSR count). The number of halogens is 1. The first-order valence-electron chi connectivity index (χ1n) is 7.29. The summed E-state index contributed by atoms with van der Waals surface area (Å²) >= 11 is 0. The summed E-state index contributed by atoms with van der Waals surface area (Å²) in [6.07, 6.45) is 2.27. The summed E-state index contributed by atoms with van der Waals surface area (Å²) in [5, 5.41) is 11.7. The predicted octanol–water partition coefficient (Wildman–Crippen LogP) is 2.77. The van der Waals surface area contributed by atoms with E-state index in [1.54, 1.807) is 25.1 Å². The van der Waals surface area contributed by atoms with Crippen molar-refractivity contribution in [2.45, 2.75) is 31.7 Å². The first kappa shape index (κ1) is 15.3. The van der Waals surface area contributed by atoms with Gasteiger partial charge in [0.25, 0.3) is 5.91 Å². The highest BCUT2D eigenvalue weighted by molar-refractivity contribution is 5.98. The summed E-state index contributed by atoms with van der Waals surface area (Å²) in [7, 11) is 0. The lowest BCUT2D eigenvalue weighted by Crippen LogP contribution is -2.36. The molecule has 6 heteroatoms. The molecule has 1 aliphatic carbocycles. The monoisotopic (exact) mass is 317 g/mol. The van der Waals surface area contributed by atoms with Crippen LogP contribution < -0.4 is 5.32 Å². The van der Waals surface area contributed by atoms with Crippen LogP contribution in [-0.2, 0) is 16.8 Å². The summed E-state index contributed by atoms with van der Waals surface area (Å²) in [6, 6.07) is 6.34. The van der Waals surface area contributed by atoms with Crippen molar-refractivity contribution in [1.82, 2.24) is 5.32 Å². The highest BCUT2D eigenvalue weighted by Gasteiger charge is 2.47. The van der Waals surface area contributed by atoms with Crippen LogP contribution in [0.25, 0.3) is 0 Å². The summed E-state index contributed by atoms with van der Waals surface area (Å²) in [4.78, 5) is 23.5. The van der Waals surface area contributed by atoms with Gasteiger partial charge in [-0.05, 0) is 25.8 Å². The first-order valence-corrected chi connectivity index (χ1v) is 7.29. The Labute approximate surface area is 132 Å². The molecule has 1 heterocycles. The van der Waals surface area contributed by atoms with Gasteiger partial charge in [0.15, 0.2) is 0 Å². The predicted molar refractivity (Wildman–Crippen MR) is 79.6 cm³/mol. The number of aliphatic carboxylic acids is 1. The minimum atomic E-state index is -1.08. The van der Waals surface area contributed by atoms with E-state index in [1.165, 1.54) is 12.3 Å². The van der Waals surface area contributed by atoms with Gasteiger partial charge in [0.05, 0.1) is 17.4 Å². The molecular formula is C17H16FNO4. The molecule has 2 aromatic rings. The zero-order chi connectivity index (χ0) is 16.6. The Morgan fingerprint density at radius 2 is 2.04 bits per heavy atom. The van der Waals surface area contributed by atoms with Crippen LogP contribution >= 0.6 is 0 Å². The average Bonchev–Trinajstić information content (AvgIpc) is 3.16. The van der Waals surface area contributed by atoms with Gasteiger partial charge in [0, 0.05) is 11.1 Å². The number of furan rings is 1. The minimum absolute atomic E-state index is 0.108. The van der Waals surface area contributed by atoms with Crippen molar-refractivity contribution in [2.75, 3.05) is 0 Å². The lowest BCUT2D eigenvalue weighted by molar-refractivity contribution is -0.136. The maximum atomic E-state index is 14.0. The number of rotatable bonds is 5. The highest BCUT2D eigenvalue weighted by Crippen LogP contribution is 2.46. The molecule has 0 spiro atoms. The molecule has 0 atom stereocenters. The minimum Gasteiger partial charge on any atom is -0.481 e. The third-order valence-corrected chi connectivity index (χ3v) is 4.08. The summed E-state index contributed by atoms with van der Waals surface area (Å²) in [5.41, 5.74) is 0.513. The van der Waals surface area contributed by atoms with Crippen molar-refractivity contribution in [1.29, 1.82) is 0 Å². The number of carboxylic acid groups (broad SMARTS) is 1. The van der Waals surface area contributed by atoms with E-state index < -0.39 is 17.4 Å². The largest absolute Gasteiger partial charge is 0.481 e. The third-order valence-electron chi connectivity index (χ3n) is 4.08. The lowest BCUT2D eigenvalue weighted by atomic mass is 10.0. The van der Waals surface area contributed by atoms with Gasteiger partial charge < -0.3 is 14.8 Å². The molecular weight excluding hydrogens is 301 g/mol. The van der Waals surface area contributed by atoms with E-state index in [9.17, 15) is 14.0 Å². The van der Waals surface area contributed by atoms with E-state index in [4.69, 9.17) is 9.52 Å². The Morgan fingerprint density at radius 3 is 2.65 bits per heavy atom. The number of benzene rings is 1. The van der Waals surface area contributed by atoms with E-state index in [-0.39, 0.29) is 23.6 Å². The van der Waals surface area contributed by atoms with Crippen LogP contribution in [-0.4, -0.2) is 17.0 Å². The topological polar surface area (TPSA) is 79.5 Å². The molecule has 0 unspecified atom stereocenters. The van der Waals surface area contributed by atoms with E-state index in [1.807, 2.05) is 0 Å². The van der Waals surface area contributed by atoms with Crippen molar-refractivity contribution in [3.63, 3.8) is 0 Å². The van der Waals surface area contributed by atoms with Crippen LogP contribution in [0.4, 0.5) is 4.39 Å². The Morgan fingerprint density at radius 1 is 1.35 bits per heavy atom. The van der Waals surface area contributed by atoms with Crippen molar-refractivity contribution < 1.29 is 23.5 Å². The van der Waals surface area contributed by atoms with Crippen molar-refractivity contribution in [3.05, 3.63) is 58.8 Å². The second kappa shape index (κ2) is 5.53. The number of amides is 1. The molecule has 23 heavy (non-hydrogen) atoms. The van der Waals surface area contributed by atoms with Gasteiger partial charge in [0.1, 0.15) is 18.0 Å². The van der Waals surface area contributed by atoms with Crippen LogP contribution in [0.2, 0.25) is 0 Å². The van der Waals surface area contributed by atoms with E-state index >= 15 is 0 Å². The number of carboxylic acids is 1. The van der Waals surface area contributed by atoms with Crippen molar-refractivity contribution in [2.24, 2.45) is 0 Å². The third kappa shape index (κ3) is 2.84. The van der Waals surface area contributed by atoms with Crippen molar-refractivity contribution >= 4 is 11.9 Å².